The molecule has 6 heteroatoms. The second kappa shape index (κ2) is 6.35. The van der Waals surface area contributed by atoms with E-state index in [-0.39, 0.29) is 20.9 Å². The summed E-state index contributed by atoms with van der Waals surface area (Å²) in [5, 5.41) is 9.02. The summed E-state index contributed by atoms with van der Waals surface area (Å²) in [6.07, 6.45) is 5.56. The van der Waals surface area contributed by atoms with E-state index in [9.17, 15) is 8.42 Å². The van der Waals surface area contributed by atoms with E-state index in [1.807, 2.05) is 6.07 Å². The van der Waals surface area contributed by atoms with Crippen molar-refractivity contribution in [3.05, 3.63) is 28.8 Å². The number of sulfonamides is 1. The lowest BCUT2D eigenvalue weighted by Crippen LogP contribution is -2.37. The smallest absolute Gasteiger partial charge is 0.211 e. The largest absolute Gasteiger partial charge is 0.242 e. The zero-order chi connectivity index (χ0) is 15.5. The quantitative estimate of drug-likeness (QED) is 0.921. The zero-order valence-corrected chi connectivity index (χ0v) is 13.6. The van der Waals surface area contributed by atoms with Crippen LogP contribution in [-0.4, -0.2) is 15.0 Å². The molecule has 0 aromatic heterocycles. The van der Waals surface area contributed by atoms with Gasteiger partial charge in [0.25, 0.3) is 0 Å². The third kappa shape index (κ3) is 3.97. The number of nitriles is 1. The number of hydrogen-bond acceptors (Lipinski definition) is 3. The highest BCUT2D eigenvalue weighted by Gasteiger charge is 2.29. The summed E-state index contributed by atoms with van der Waals surface area (Å²) in [4.78, 5) is -0.0253. The van der Waals surface area contributed by atoms with Crippen LogP contribution in [0.3, 0.4) is 0 Å². The van der Waals surface area contributed by atoms with Crippen molar-refractivity contribution in [3.8, 4) is 6.07 Å². The molecule has 1 saturated carbocycles. The van der Waals surface area contributed by atoms with Gasteiger partial charge in [0.2, 0.25) is 10.0 Å². The number of benzene rings is 1. The van der Waals surface area contributed by atoms with Gasteiger partial charge < -0.3 is 0 Å². The molecular weight excluding hydrogens is 308 g/mol. The fourth-order valence-electron chi connectivity index (χ4n) is 2.71. The first-order chi connectivity index (χ1) is 9.86. The fraction of sp³-hybridized carbons (Fsp3) is 0.533. The number of halogens is 1. The Balaban J connectivity index is 2.17. The van der Waals surface area contributed by atoms with Crippen molar-refractivity contribution >= 4 is 21.6 Å². The van der Waals surface area contributed by atoms with E-state index in [0.717, 1.165) is 25.7 Å². The summed E-state index contributed by atoms with van der Waals surface area (Å²) in [5.41, 5.74) is 0.286. The van der Waals surface area contributed by atoms with Gasteiger partial charge in [-0.15, -0.1) is 0 Å². The molecule has 0 bridgehead atoms. The van der Waals surface area contributed by atoms with Gasteiger partial charge in [-0.1, -0.05) is 37.8 Å². The predicted octanol–water partition coefficient (Wildman–Crippen LogP) is 3.46. The third-order valence-electron chi connectivity index (χ3n) is 4.10. The van der Waals surface area contributed by atoms with Gasteiger partial charge in [-0.2, -0.15) is 5.26 Å². The first-order valence-corrected chi connectivity index (χ1v) is 8.92. The second-order valence-electron chi connectivity index (χ2n) is 5.95. The average molecular weight is 327 g/mol. The van der Waals surface area contributed by atoms with Crippen molar-refractivity contribution in [2.24, 2.45) is 5.41 Å². The molecule has 0 spiro atoms. The van der Waals surface area contributed by atoms with Crippen molar-refractivity contribution in [1.82, 2.24) is 4.72 Å². The molecule has 1 aliphatic carbocycles. The molecule has 1 aliphatic rings. The van der Waals surface area contributed by atoms with E-state index in [2.05, 4.69) is 11.6 Å². The van der Waals surface area contributed by atoms with Gasteiger partial charge in [0.15, 0.2) is 0 Å². The third-order valence-corrected chi connectivity index (χ3v) is 5.98. The predicted molar refractivity (Wildman–Crippen MR) is 82.5 cm³/mol. The van der Waals surface area contributed by atoms with Crippen LogP contribution in [0.2, 0.25) is 5.02 Å². The normalized spacial score (nSPS) is 18.1. The molecule has 0 unspecified atom stereocenters. The molecule has 0 heterocycles. The summed E-state index contributed by atoms with van der Waals surface area (Å²) in [7, 11) is -3.69. The summed E-state index contributed by atoms with van der Waals surface area (Å²) < 4.78 is 27.5. The maximum Gasteiger partial charge on any atom is 0.242 e. The SMILES string of the molecule is CC1(CNS(=O)(=O)c2cc(C#N)ccc2Cl)CCCCC1. The number of nitrogens with zero attached hydrogens (tertiary/aromatic N) is 1. The number of nitrogens with one attached hydrogen (secondary N) is 1. The number of hydrogen-bond donors (Lipinski definition) is 1. The van der Waals surface area contributed by atoms with Crippen LogP contribution in [0.15, 0.2) is 23.1 Å². The Morgan fingerprint density at radius 1 is 1.33 bits per heavy atom. The van der Waals surface area contributed by atoms with Gasteiger partial charge in [-0.25, -0.2) is 13.1 Å². The van der Waals surface area contributed by atoms with Crippen molar-refractivity contribution in [3.63, 3.8) is 0 Å². The minimum absolute atomic E-state index is 0.00460. The second-order valence-corrected chi connectivity index (χ2v) is 8.10. The molecule has 1 aromatic carbocycles. The highest BCUT2D eigenvalue weighted by molar-refractivity contribution is 7.89. The fourth-order valence-corrected chi connectivity index (χ4v) is 4.43. The van der Waals surface area contributed by atoms with E-state index >= 15 is 0 Å². The van der Waals surface area contributed by atoms with Crippen LogP contribution < -0.4 is 4.72 Å². The molecule has 1 N–H and O–H groups in total. The summed E-state index contributed by atoms with van der Waals surface area (Å²) in [6.45, 7) is 2.52. The molecular formula is C15H19ClN2O2S. The van der Waals surface area contributed by atoms with E-state index in [1.54, 1.807) is 0 Å². The van der Waals surface area contributed by atoms with Gasteiger partial charge in [0, 0.05) is 6.54 Å². The van der Waals surface area contributed by atoms with Crippen molar-refractivity contribution in [2.45, 2.75) is 43.9 Å². The molecule has 0 aliphatic heterocycles. The molecule has 2 rings (SSSR count). The zero-order valence-electron chi connectivity index (χ0n) is 12.0. The molecule has 1 aromatic rings. The van der Waals surface area contributed by atoms with Crippen LogP contribution in [0.4, 0.5) is 0 Å². The lowest BCUT2D eigenvalue weighted by atomic mass is 9.76. The van der Waals surface area contributed by atoms with Gasteiger partial charge in [0.1, 0.15) is 4.90 Å². The summed E-state index contributed by atoms with van der Waals surface area (Å²) in [5.74, 6) is 0. The Kier molecular flexibility index (Phi) is 4.92. The topological polar surface area (TPSA) is 70.0 Å². The maximum absolute atomic E-state index is 12.4. The molecule has 0 radical (unpaired) electrons. The Hall–Kier alpha value is -1.09. The van der Waals surface area contributed by atoms with Crippen LogP contribution >= 0.6 is 11.6 Å². The Bertz CT molecular complexity index is 659. The highest BCUT2D eigenvalue weighted by atomic mass is 35.5. The van der Waals surface area contributed by atoms with E-state index in [4.69, 9.17) is 16.9 Å². The monoisotopic (exact) mass is 326 g/mol. The van der Waals surface area contributed by atoms with Crippen LogP contribution in [0.1, 0.15) is 44.6 Å². The standard InChI is InChI=1S/C15H19ClN2O2S/c1-15(7-3-2-4-8-15)11-18-21(19,20)14-9-12(10-17)5-6-13(14)16/h5-6,9,18H,2-4,7-8,11H2,1H3. The Morgan fingerprint density at radius 2 is 2.00 bits per heavy atom. The lowest BCUT2D eigenvalue weighted by molar-refractivity contribution is 0.219. The Labute approximate surface area is 131 Å². The average Bonchev–Trinajstić information content (AvgIpc) is 2.47. The minimum Gasteiger partial charge on any atom is -0.211 e. The first-order valence-electron chi connectivity index (χ1n) is 7.06. The minimum atomic E-state index is -3.69. The van der Waals surface area contributed by atoms with E-state index < -0.39 is 10.0 Å². The summed E-state index contributed by atoms with van der Waals surface area (Å²) in [6, 6.07) is 6.19. The van der Waals surface area contributed by atoms with Gasteiger partial charge in [-0.3, -0.25) is 0 Å². The molecule has 0 amide bonds. The maximum atomic E-state index is 12.4. The van der Waals surface area contributed by atoms with Crippen LogP contribution in [0.5, 0.6) is 0 Å². The molecule has 0 saturated heterocycles. The van der Waals surface area contributed by atoms with Crippen molar-refractivity contribution < 1.29 is 8.42 Å². The molecule has 114 valence electrons. The van der Waals surface area contributed by atoms with Gasteiger partial charge in [-0.05, 0) is 36.5 Å². The summed E-state index contributed by atoms with van der Waals surface area (Å²) >= 11 is 5.97. The highest BCUT2D eigenvalue weighted by Crippen LogP contribution is 2.35. The molecule has 1 fully saturated rings. The van der Waals surface area contributed by atoms with Crippen LogP contribution in [0, 0.1) is 16.7 Å². The molecule has 4 nitrogen and oxygen atoms in total. The van der Waals surface area contributed by atoms with Crippen molar-refractivity contribution in [2.75, 3.05) is 6.54 Å². The van der Waals surface area contributed by atoms with E-state index in [0.29, 0.717) is 6.54 Å². The molecule has 0 atom stereocenters. The van der Waals surface area contributed by atoms with Crippen LogP contribution in [0.25, 0.3) is 0 Å². The van der Waals surface area contributed by atoms with Crippen LogP contribution in [-0.2, 0) is 10.0 Å². The molecule has 21 heavy (non-hydrogen) atoms. The lowest BCUT2D eigenvalue weighted by Gasteiger charge is -2.33. The number of rotatable bonds is 4. The van der Waals surface area contributed by atoms with Gasteiger partial charge in [0.05, 0.1) is 16.7 Å². The van der Waals surface area contributed by atoms with Crippen molar-refractivity contribution in [1.29, 1.82) is 5.26 Å². The first kappa shape index (κ1) is 16.3. The Morgan fingerprint density at radius 3 is 2.62 bits per heavy atom. The van der Waals surface area contributed by atoms with E-state index in [1.165, 1.54) is 24.6 Å². The van der Waals surface area contributed by atoms with Gasteiger partial charge >= 0.3 is 0 Å².